The molecule has 7 heteroatoms. The van der Waals surface area contributed by atoms with Gasteiger partial charge in [0.2, 0.25) is 0 Å². The lowest BCUT2D eigenvalue weighted by atomic mass is 9.87. The van der Waals surface area contributed by atoms with Crippen LogP contribution in [0.5, 0.6) is 0 Å². The quantitative estimate of drug-likeness (QED) is 0.262. The summed E-state index contributed by atoms with van der Waals surface area (Å²) in [5.74, 6) is -0.557. The van der Waals surface area contributed by atoms with Gasteiger partial charge in [-0.05, 0) is 92.6 Å². The van der Waals surface area contributed by atoms with E-state index in [0.717, 1.165) is 11.4 Å². The fourth-order valence-corrected chi connectivity index (χ4v) is 3.34. The monoisotopic (exact) mass is 582 g/mol. The molecule has 0 aromatic carbocycles. The fourth-order valence-electron chi connectivity index (χ4n) is 3.34. The first-order valence-corrected chi connectivity index (χ1v) is 15.3. The van der Waals surface area contributed by atoms with Crippen LogP contribution in [0.2, 0.25) is 0 Å². The average molecular weight is 583 g/mol. The van der Waals surface area contributed by atoms with Crippen molar-refractivity contribution in [1.29, 1.82) is 0 Å². The van der Waals surface area contributed by atoms with E-state index < -0.39 is 17.4 Å². The molecule has 0 radical (unpaired) electrons. The zero-order chi connectivity index (χ0) is 32.6. The van der Waals surface area contributed by atoms with Gasteiger partial charge in [0.1, 0.15) is 11.3 Å². The third-order valence-electron chi connectivity index (χ3n) is 6.25. The molecule has 1 aromatic rings. The molecule has 0 aliphatic rings. The van der Waals surface area contributed by atoms with Gasteiger partial charge in [-0.25, -0.2) is 4.39 Å². The summed E-state index contributed by atoms with van der Waals surface area (Å²) in [5, 5.41) is 10.6. The first kappa shape index (κ1) is 41.3. The number of carbonyl (C=O) groups is 1. The third kappa shape index (κ3) is 20.6. The van der Waals surface area contributed by atoms with Crippen molar-refractivity contribution < 1.29 is 23.8 Å². The topological polar surface area (TPSA) is 81.5 Å². The lowest BCUT2D eigenvalue weighted by molar-refractivity contribution is -0.165. The van der Waals surface area contributed by atoms with E-state index in [1.807, 2.05) is 34.6 Å². The average Bonchev–Trinajstić information content (AvgIpc) is 2.81. The SMILES string of the molecule is CC(C)(C)F.CCCC.CC[C@H](C(=O)OC(C)(C)C)C(CCCC(O)c1cnc(/C=C(\C)C(C)(C)C)c(C)n1)OC. The minimum absolute atomic E-state index is 0.0693. The first-order chi connectivity index (χ1) is 18.6. The summed E-state index contributed by atoms with van der Waals surface area (Å²) in [5.41, 5.74) is 1.97. The Balaban J connectivity index is 0. The normalized spacial score (nSPS) is 14.6. The predicted octanol–water partition coefficient (Wildman–Crippen LogP) is 9.38. The Kier molecular flexibility index (Phi) is 19.5. The minimum Gasteiger partial charge on any atom is -0.460 e. The van der Waals surface area contributed by atoms with Gasteiger partial charge in [0.05, 0.1) is 41.4 Å². The van der Waals surface area contributed by atoms with Crippen LogP contribution in [0.4, 0.5) is 4.39 Å². The number of carbonyl (C=O) groups excluding carboxylic acids is 1. The summed E-state index contributed by atoms with van der Waals surface area (Å²) in [6, 6.07) is 0. The van der Waals surface area contributed by atoms with E-state index in [4.69, 9.17) is 9.47 Å². The molecule has 1 heterocycles. The molecule has 0 aliphatic carbocycles. The van der Waals surface area contributed by atoms with Crippen molar-refractivity contribution >= 4 is 12.0 Å². The molecule has 240 valence electrons. The molecule has 0 aliphatic heterocycles. The first-order valence-electron chi connectivity index (χ1n) is 15.3. The lowest BCUT2D eigenvalue weighted by Crippen LogP contribution is -2.35. The summed E-state index contributed by atoms with van der Waals surface area (Å²) in [4.78, 5) is 21.7. The Bertz CT molecular complexity index is 887. The van der Waals surface area contributed by atoms with Gasteiger partial charge in [0.25, 0.3) is 0 Å². The zero-order valence-electron chi connectivity index (χ0n) is 29.1. The van der Waals surface area contributed by atoms with Gasteiger partial charge in [-0.2, -0.15) is 0 Å². The number of hydrogen-bond acceptors (Lipinski definition) is 6. The van der Waals surface area contributed by atoms with Crippen molar-refractivity contribution in [2.24, 2.45) is 11.3 Å². The Labute approximate surface area is 251 Å². The van der Waals surface area contributed by atoms with Gasteiger partial charge in [0, 0.05) is 7.11 Å². The summed E-state index contributed by atoms with van der Waals surface area (Å²) in [6.07, 6.45) is 7.92. The van der Waals surface area contributed by atoms with Crippen LogP contribution in [-0.2, 0) is 14.3 Å². The Morgan fingerprint density at radius 1 is 1.02 bits per heavy atom. The number of allylic oxidation sites excluding steroid dienone is 1. The number of rotatable bonds is 11. The van der Waals surface area contributed by atoms with Crippen molar-refractivity contribution in [3.05, 3.63) is 28.9 Å². The molecular formula is C34H63FN2O4. The van der Waals surface area contributed by atoms with Crippen molar-refractivity contribution in [1.82, 2.24) is 9.97 Å². The number of esters is 1. The maximum Gasteiger partial charge on any atom is 0.312 e. The van der Waals surface area contributed by atoms with Crippen LogP contribution in [-0.4, -0.2) is 45.5 Å². The van der Waals surface area contributed by atoms with Crippen LogP contribution in [0.15, 0.2) is 11.8 Å². The summed E-state index contributed by atoms with van der Waals surface area (Å²) >= 11 is 0. The van der Waals surface area contributed by atoms with Crippen LogP contribution in [0, 0.1) is 18.3 Å². The Morgan fingerprint density at radius 2 is 1.54 bits per heavy atom. The number of methoxy groups -OCH3 is 1. The number of nitrogens with zero attached hydrogens (tertiary/aromatic N) is 2. The van der Waals surface area contributed by atoms with Crippen LogP contribution < -0.4 is 0 Å². The maximum absolute atomic E-state index is 12.5. The molecule has 0 bridgehead atoms. The molecule has 0 saturated carbocycles. The number of aliphatic hydroxyl groups is 1. The number of aliphatic hydroxyl groups excluding tert-OH is 1. The molecule has 1 rings (SSSR count). The molecule has 3 atom stereocenters. The van der Waals surface area contributed by atoms with Crippen LogP contribution in [0.3, 0.4) is 0 Å². The number of alkyl halides is 1. The number of ether oxygens (including phenoxy) is 2. The zero-order valence-corrected chi connectivity index (χ0v) is 29.1. The minimum atomic E-state index is -1.00. The second-order valence-electron chi connectivity index (χ2n) is 13.7. The molecule has 0 amide bonds. The lowest BCUT2D eigenvalue weighted by Gasteiger charge is -2.28. The number of halogens is 1. The summed E-state index contributed by atoms with van der Waals surface area (Å²) < 4.78 is 22.8. The van der Waals surface area contributed by atoms with E-state index in [2.05, 4.69) is 57.6 Å². The van der Waals surface area contributed by atoms with Crippen LogP contribution >= 0.6 is 0 Å². The van der Waals surface area contributed by atoms with Gasteiger partial charge >= 0.3 is 5.97 Å². The number of hydrogen-bond donors (Lipinski definition) is 1. The second-order valence-corrected chi connectivity index (χ2v) is 13.7. The third-order valence-corrected chi connectivity index (χ3v) is 6.25. The van der Waals surface area contributed by atoms with E-state index in [-0.39, 0.29) is 23.4 Å². The van der Waals surface area contributed by atoms with E-state index in [1.54, 1.807) is 13.3 Å². The predicted molar refractivity (Wildman–Crippen MR) is 171 cm³/mol. The van der Waals surface area contributed by atoms with Gasteiger partial charge in [-0.1, -0.05) is 60.0 Å². The van der Waals surface area contributed by atoms with Crippen molar-refractivity contribution in [3.63, 3.8) is 0 Å². The maximum atomic E-state index is 12.5. The van der Waals surface area contributed by atoms with E-state index in [9.17, 15) is 14.3 Å². The number of aryl methyl sites for hydroxylation is 1. The van der Waals surface area contributed by atoms with Gasteiger partial charge in [-0.3, -0.25) is 14.8 Å². The highest BCUT2D eigenvalue weighted by Crippen LogP contribution is 2.28. The van der Waals surface area contributed by atoms with Crippen molar-refractivity contribution in [3.8, 4) is 0 Å². The Hall–Kier alpha value is -1.86. The molecule has 41 heavy (non-hydrogen) atoms. The molecule has 6 nitrogen and oxygen atoms in total. The fraction of sp³-hybridized carbons (Fsp3) is 0.794. The molecule has 1 N–H and O–H groups in total. The smallest absolute Gasteiger partial charge is 0.312 e. The second kappa shape index (κ2) is 19.4. The van der Waals surface area contributed by atoms with E-state index >= 15 is 0 Å². The highest BCUT2D eigenvalue weighted by Gasteiger charge is 2.31. The molecule has 1 aromatic heterocycles. The number of aromatic nitrogens is 2. The standard InChI is InChI=1S/C26H44N2O4.C4H9F.C4H10/c1-11-19(24(30)32-26(7,8)9)23(31-10)14-12-13-22(29)21-16-27-20(18(3)28-21)15-17(2)25(4,5)6;1-4(2,3)5;1-3-4-2/h15-16,19,22-23,29H,11-14H2,1-10H3;1-3H3;3-4H2,1-2H3/b17-15+;;/t19-,22?,23?;;/m0../s1. The number of unbranched alkanes of at least 4 members (excludes halogenated alkanes) is 1. The Morgan fingerprint density at radius 3 is 1.90 bits per heavy atom. The summed E-state index contributed by atoms with van der Waals surface area (Å²) in [6.45, 7) is 27.0. The molecule has 0 spiro atoms. The van der Waals surface area contributed by atoms with Gasteiger partial charge < -0.3 is 14.6 Å². The van der Waals surface area contributed by atoms with Crippen molar-refractivity contribution in [2.45, 2.75) is 159 Å². The highest BCUT2D eigenvalue weighted by molar-refractivity contribution is 5.73. The van der Waals surface area contributed by atoms with E-state index in [0.29, 0.717) is 31.4 Å². The van der Waals surface area contributed by atoms with Crippen LogP contribution in [0.25, 0.3) is 6.08 Å². The molecule has 2 unspecified atom stereocenters. The van der Waals surface area contributed by atoms with Gasteiger partial charge in [0.15, 0.2) is 0 Å². The van der Waals surface area contributed by atoms with E-state index in [1.165, 1.54) is 39.2 Å². The molecule has 0 fully saturated rings. The molecule has 0 saturated heterocycles. The van der Waals surface area contributed by atoms with Crippen molar-refractivity contribution in [2.75, 3.05) is 7.11 Å². The largest absolute Gasteiger partial charge is 0.460 e. The van der Waals surface area contributed by atoms with Gasteiger partial charge in [-0.15, -0.1) is 0 Å². The summed E-state index contributed by atoms with van der Waals surface area (Å²) in [7, 11) is 1.62. The highest BCUT2D eigenvalue weighted by atomic mass is 19.1. The molecular weight excluding hydrogens is 519 g/mol. The van der Waals surface area contributed by atoms with Crippen LogP contribution in [0.1, 0.15) is 152 Å².